The zero-order valence-electron chi connectivity index (χ0n) is 5.08. The lowest BCUT2D eigenvalue weighted by Crippen LogP contribution is -1.89. The first-order chi connectivity index (χ1) is 4.54. The largest absolute Gasteiger partial charge is 0.334 e. The second-order valence-corrected chi connectivity index (χ2v) is 4.20. The average Bonchev–Trinajstić information content (AvgIpc) is 1.87. The molecule has 62 valence electrons. The Kier molecular flexibility index (Phi) is 4.60. The maximum atomic E-state index is 8.86. The Labute approximate surface area is 58.8 Å². The highest BCUT2D eigenvalue weighted by molar-refractivity contribution is 7.66. The van der Waals surface area contributed by atoms with E-state index in [0.717, 1.165) is 5.80 Å². The first-order valence-corrected chi connectivity index (χ1v) is 4.98. The predicted molar refractivity (Wildman–Crippen MR) is 37.0 cm³/mol. The molecular weight excluding hydrogens is 182 g/mol. The van der Waals surface area contributed by atoms with Crippen LogP contribution < -0.4 is 0 Å². The summed E-state index contributed by atoms with van der Waals surface area (Å²) in [4.78, 5) is 25.3. The molecule has 8 heteroatoms. The summed E-state index contributed by atoms with van der Waals surface area (Å²) in [6.07, 6.45) is 0. The van der Waals surface area contributed by atoms with Crippen LogP contribution in [0.15, 0.2) is 0 Å². The van der Waals surface area contributed by atoms with Gasteiger partial charge in [0.2, 0.25) is 0 Å². The van der Waals surface area contributed by atoms with E-state index in [0.29, 0.717) is 0 Å². The summed E-state index contributed by atoms with van der Waals surface area (Å²) >= 11 is 0. The van der Waals surface area contributed by atoms with Gasteiger partial charge in [0, 0.05) is 0 Å². The summed E-state index contributed by atoms with van der Waals surface area (Å²) in [5.74, 6) is 1.01. The Balaban J connectivity index is 4.09. The lowest BCUT2D eigenvalue weighted by atomic mass is 11.0. The van der Waals surface area contributed by atoms with Gasteiger partial charge in [-0.3, -0.25) is 0 Å². The maximum absolute atomic E-state index is 8.86. The molecule has 0 heterocycles. The smallest absolute Gasteiger partial charge is 0.331 e. The van der Waals surface area contributed by atoms with E-state index in [1.165, 1.54) is 6.92 Å². The first kappa shape index (κ1) is 10.5. The van der Waals surface area contributed by atoms with Crippen molar-refractivity contribution in [3.05, 3.63) is 0 Å². The third-order valence-electron chi connectivity index (χ3n) is 0.633. The fraction of sp³-hybridized carbons (Fsp3) is 0.500. The van der Waals surface area contributed by atoms with E-state index in [1.807, 2.05) is 0 Å². The Morgan fingerprint density at radius 3 is 2.10 bits per heavy atom. The lowest BCUT2D eigenvalue weighted by molar-refractivity contribution is -0.147. The van der Waals surface area contributed by atoms with Crippen LogP contribution in [0.2, 0.25) is 0 Å². The molecule has 0 rings (SSSR count). The van der Waals surface area contributed by atoms with Crippen LogP contribution in [0, 0.1) is 0 Å². The van der Waals surface area contributed by atoms with Gasteiger partial charge in [-0.05, 0) is 12.7 Å². The Morgan fingerprint density at radius 1 is 1.50 bits per heavy atom. The van der Waals surface area contributed by atoms with Crippen LogP contribution in [0.1, 0.15) is 6.92 Å². The minimum atomic E-state index is -3.53. The molecule has 10 heavy (non-hydrogen) atoms. The summed E-state index contributed by atoms with van der Waals surface area (Å²) in [5.41, 5.74) is 0. The Hall–Kier alpha value is 0.490. The van der Waals surface area contributed by atoms with Crippen LogP contribution in [0.25, 0.3) is 0 Å². The molecule has 0 aromatic carbocycles. The van der Waals surface area contributed by atoms with Crippen molar-refractivity contribution in [2.45, 2.75) is 6.92 Å². The summed E-state index contributed by atoms with van der Waals surface area (Å²) in [5, 5.41) is 7.97. The van der Waals surface area contributed by atoms with E-state index < -0.39 is 16.2 Å². The lowest BCUT2D eigenvalue weighted by Gasteiger charge is -2.13. The van der Waals surface area contributed by atoms with E-state index in [-0.39, 0.29) is 0 Å². The van der Waals surface area contributed by atoms with E-state index in [9.17, 15) is 0 Å². The van der Waals surface area contributed by atoms with Crippen LogP contribution in [-0.4, -0.2) is 25.7 Å². The minimum Gasteiger partial charge on any atom is -0.331 e. The molecule has 0 aliphatic rings. The summed E-state index contributed by atoms with van der Waals surface area (Å²) in [7, 11) is -6.24. The first-order valence-electron chi connectivity index (χ1n) is 2.17. The van der Waals surface area contributed by atoms with Gasteiger partial charge < -0.3 is 14.7 Å². The molecule has 0 aromatic rings. The minimum absolute atomic E-state index is 1.01. The average molecular weight is 190 g/mol. The summed E-state index contributed by atoms with van der Waals surface area (Å²) < 4.78 is 7.53. The molecule has 0 saturated carbocycles. The highest BCUT2D eigenvalue weighted by atomic mass is 31.3. The number of hydrogen-bond acceptors (Lipinski definition) is 6. The molecule has 0 bridgehead atoms. The number of rotatable bonds is 3. The molecule has 6 nitrogen and oxygen atoms in total. The molecule has 1 atom stereocenters. The van der Waals surface area contributed by atoms with Crippen molar-refractivity contribution >= 4 is 22.0 Å². The second kappa shape index (κ2) is 4.38. The molecule has 4 N–H and O–H groups in total. The molecule has 0 saturated heterocycles. The van der Waals surface area contributed by atoms with Gasteiger partial charge in [-0.15, -0.1) is 0 Å². The van der Waals surface area contributed by atoms with Gasteiger partial charge in [0.15, 0.2) is 0 Å². The SMILES string of the molecule is CC=P(O)(OO)OP(O)O. The van der Waals surface area contributed by atoms with E-state index >= 15 is 0 Å². The van der Waals surface area contributed by atoms with Crippen LogP contribution >= 0.6 is 16.2 Å². The van der Waals surface area contributed by atoms with Gasteiger partial charge in [0.25, 0.3) is 7.57 Å². The van der Waals surface area contributed by atoms with Gasteiger partial charge in [-0.25, -0.2) is 9.57 Å². The topological polar surface area (TPSA) is 99.4 Å². The fourth-order valence-corrected chi connectivity index (χ4v) is 1.64. The van der Waals surface area contributed by atoms with Crippen LogP contribution in [0.5, 0.6) is 0 Å². The fourth-order valence-electron chi connectivity index (χ4n) is 0.214. The van der Waals surface area contributed by atoms with Gasteiger partial charge >= 0.3 is 8.60 Å². The molecular formula is C2H8O6P2. The van der Waals surface area contributed by atoms with Crippen molar-refractivity contribution in [1.29, 1.82) is 0 Å². The molecule has 0 aliphatic heterocycles. The second-order valence-electron chi connectivity index (χ2n) is 1.24. The summed E-state index contributed by atoms with van der Waals surface area (Å²) in [6.45, 7) is 1.35. The van der Waals surface area contributed by atoms with Crippen molar-refractivity contribution in [2.24, 2.45) is 0 Å². The molecule has 0 amide bonds. The molecule has 0 aromatic heterocycles. The Bertz CT molecular complexity index is 143. The Morgan fingerprint density at radius 2 is 2.00 bits per heavy atom. The highest BCUT2D eigenvalue weighted by Gasteiger charge is 2.18. The monoisotopic (exact) mass is 190 g/mol. The third kappa shape index (κ3) is 3.61. The molecule has 0 radical (unpaired) electrons. The molecule has 0 fully saturated rings. The van der Waals surface area contributed by atoms with Crippen LogP contribution in [-0.2, 0) is 8.99 Å². The van der Waals surface area contributed by atoms with E-state index in [4.69, 9.17) is 19.9 Å². The van der Waals surface area contributed by atoms with Crippen molar-refractivity contribution in [3.63, 3.8) is 0 Å². The highest BCUT2D eigenvalue weighted by Crippen LogP contribution is 2.53. The van der Waals surface area contributed by atoms with Gasteiger partial charge in [0.05, 0.1) is 0 Å². The maximum Gasteiger partial charge on any atom is 0.334 e. The van der Waals surface area contributed by atoms with Crippen LogP contribution in [0.3, 0.4) is 0 Å². The summed E-state index contributed by atoms with van der Waals surface area (Å²) in [6, 6.07) is 0. The van der Waals surface area contributed by atoms with Gasteiger partial charge in [-0.1, -0.05) is 0 Å². The van der Waals surface area contributed by atoms with Crippen LogP contribution in [0.4, 0.5) is 0 Å². The molecule has 0 aliphatic carbocycles. The predicted octanol–water partition coefficient (Wildman–Crippen LogP) is 0.281. The van der Waals surface area contributed by atoms with E-state index in [1.54, 1.807) is 0 Å². The quantitative estimate of drug-likeness (QED) is 0.290. The van der Waals surface area contributed by atoms with Crippen molar-refractivity contribution in [1.82, 2.24) is 0 Å². The molecule has 0 spiro atoms. The standard InChI is InChI=1S/C2H8O6P2/c1-2-10(6,7-3)8-9(4)5/h2-6H,1H3. The zero-order valence-corrected chi connectivity index (χ0v) is 6.87. The van der Waals surface area contributed by atoms with Crippen molar-refractivity contribution in [2.75, 3.05) is 0 Å². The van der Waals surface area contributed by atoms with Gasteiger partial charge in [-0.2, -0.15) is 4.67 Å². The van der Waals surface area contributed by atoms with Crippen molar-refractivity contribution in [3.8, 4) is 0 Å². The zero-order chi connectivity index (χ0) is 8.20. The third-order valence-corrected chi connectivity index (χ3v) is 3.04. The van der Waals surface area contributed by atoms with Gasteiger partial charge in [0.1, 0.15) is 0 Å². The van der Waals surface area contributed by atoms with Crippen molar-refractivity contribution < 1.29 is 28.9 Å². The van der Waals surface area contributed by atoms with E-state index in [2.05, 4.69) is 8.99 Å². The normalized spacial score (nSPS) is 17.0. The number of hydrogen-bond donors (Lipinski definition) is 4. The molecule has 1 unspecified atom stereocenters.